The molecule has 118 valence electrons. The Labute approximate surface area is 130 Å². The number of ketones is 1. The Hall–Kier alpha value is -2.01. The van der Waals surface area contributed by atoms with Crippen LogP contribution in [0.15, 0.2) is 34.3 Å². The van der Waals surface area contributed by atoms with Crippen molar-refractivity contribution in [3.8, 4) is 6.07 Å². The molecule has 1 N–H and O–H groups in total. The molecule has 8 heteroatoms. The third kappa shape index (κ3) is 5.77. The molecule has 0 aliphatic rings. The van der Waals surface area contributed by atoms with Crippen molar-refractivity contribution in [1.82, 2.24) is 0 Å². The fourth-order valence-corrected chi connectivity index (χ4v) is 1.87. The molecular weight excluding hydrogens is 315 g/mol. The molecule has 0 amide bonds. The van der Waals surface area contributed by atoms with Crippen molar-refractivity contribution in [3.05, 3.63) is 24.3 Å². The average Bonchev–Trinajstić information content (AvgIpc) is 2.38. The van der Waals surface area contributed by atoms with E-state index in [0.29, 0.717) is 5.69 Å². The molecule has 0 bridgehead atoms. The standard InChI is InChI=1S/C14H14F3N3OS/c1-13(2,3)12(21)11(8-18)20-19-9-4-6-10(7-5-9)22-14(15,16)17/h4-7,19H,1-3H3. The fourth-order valence-electron chi connectivity index (χ4n) is 1.33. The zero-order valence-corrected chi connectivity index (χ0v) is 13.0. The molecule has 0 aliphatic heterocycles. The first-order valence-corrected chi connectivity index (χ1v) is 6.99. The third-order valence-corrected chi connectivity index (χ3v) is 3.13. The minimum atomic E-state index is -4.35. The predicted molar refractivity (Wildman–Crippen MR) is 79.5 cm³/mol. The highest BCUT2D eigenvalue weighted by Gasteiger charge is 2.29. The van der Waals surface area contributed by atoms with Crippen LogP contribution in [-0.4, -0.2) is 17.0 Å². The molecule has 0 saturated heterocycles. The van der Waals surface area contributed by atoms with Crippen molar-refractivity contribution in [2.75, 3.05) is 5.43 Å². The SMILES string of the molecule is CC(C)(C)C(=O)C(C#N)=NNc1ccc(SC(F)(F)F)cc1. The van der Waals surface area contributed by atoms with Crippen molar-refractivity contribution in [1.29, 1.82) is 5.26 Å². The van der Waals surface area contributed by atoms with Crippen LogP contribution in [0.2, 0.25) is 0 Å². The number of hydrazone groups is 1. The van der Waals surface area contributed by atoms with Crippen LogP contribution in [0.3, 0.4) is 0 Å². The van der Waals surface area contributed by atoms with Crippen LogP contribution in [-0.2, 0) is 4.79 Å². The van der Waals surface area contributed by atoms with Gasteiger partial charge in [0.15, 0.2) is 5.78 Å². The van der Waals surface area contributed by atoms with Crippen LogP contribution < -0.4 is 5.43 Å². The van der Waals surface area contributed by atoms with Gasteiger partial charge >= 0.3 is 5.51 Å². The van der Waals surface area contributed by atoms with Gasteiger partial charge in [-0.1, -0.05) is 20.8 Å². The highest BCUT2D eigenvalue weighted by atomic mass is 32.2. The normalized spacial score (nSPS) is 12.7. The number of alkyl halides is 3. The molecule has 22 heavy (non-hydrogen) atoms. The molecule has 0 unspecified atom stereocenters. The molecule has 4 nitrogen and oxygen atoms in total. The van der Waals surface area contributed by atoms with Crippen LogP contribution in [0, 0.1) is 16.7 Å². The first kappa shape index (κ1) is 18.0. The summed E-state index contributed by atoms with van der Waals surface area (Å²) < 4.78 is 36.6. The molecule has 0 spiro atoms. The molecule has 1 rings (SSSR count). The summed E-state index contributed by atoms with van der Waals surface area (Å²) in [6, 6.07) is 7.02. The quantitative estimate of drug-likeness (QED) is 0.511. The van der Waals surface area contributed by atoms with Gasteiger partial charge in [0.05, 0.1) is 5.69 Å². The fraction of sp³-hybridized carbons (Fsp3) is 0.357. The van der Waals surface area contributed by atoms with E-state index in [2.05, 4.69) is 10.5 Å². The summed E-state index contributed by atoms with van der Waals surface area (Å²) in [7, 11) is 0. The maximum atomic E-state index is 12.2. The van der Waals surface area contributed by atoms with Crippen molar-refractivity contribution < 1.29 is 18.0 Å². The first-order valence-electron chi connectivity index (χ1n) is 6.17. The van der Waals surface area contributed by atoms with Gasteiger partial charge in [-0.25, -0.2) is 0 Å². The van der Waals surface area contributed by atoms with Crippen LogP contribution in [0.5, 0.6) is 0 Å². The Kier molecular flexibility index (Phi) is 5.60. The van der Waals surface area contributed by atoms with Crippen LogP contribution in [0.1, 0.15) is 20.8 Å². The molecule has 0 aromatic heterocycles. The van der Waals surface area contributed by atoms with Crippen molar-refractivity contribution in [3.63, 3.8) is 0 Å². The number of rotatable bonds is 4. The minimum Gasteiger partial charge on any atom is -0.291 e. The second kappa shape index (κ2) is 6.83. The number of anilines is 1. The summed E-state index contributed by atoms with van der Waals surface area (Å²) >= 11 is -0.223. The number of carbonyl (C=O) groups is 1. The lowest BCUT2D eigenvalue weighted by Crippen LogP contribution is -2.28. The topological polar surface area (TPSA) is 65.2 Å². The van der Waals surface area contributed by atoms with E-state index >= 15 is 0 Å². The number of nitriles is 1. The zero-order valence-electron chi connectivity index (χ0n) is 12.2. The first-order chi connectivity index (χ1) is 10.0. The summed E-state index contributed by atoms with van der Waals surface area (Å²) in [5, 5.41) is 12.6. The zero-order chi connectivity index (χ0) is 17.0. The highest BCUT2D eigenvalue weighted by Crippen LogP contribution is 2.37. The van der Waals surface area contributed by atoms with Crippen molar-refractivity contribution in [2.45, 2.75) is 31.2 Å². The third-order valence-electron chi connectivity index (χ3n) is 2.39. The smallest absolute Gasteiger partial charge is 0.291 e. The van der Waals surface area contributed by atoms with Gasteiger partial charge in [0.1, 0.15) is 6.07 Å². The lowest BCUT2D eigenvalue weighted by atomic mass is 9.88. The molecule has 1 aromatic rings. The van der Waals surface area contributed by atoms with Gasteiger partial charge in [-0.2, -0.15) is 23.5 Å². The number of nitrogens with one attached hydrogen (secondary N) is 1. The van der Waals surface area contributed by atoms with E-state index in [9.17, 15) is 18.0 Å². The number of carbonyl (C=O) groups excluding carboxylic acids is 1. The van der Waals surface area contributed by atoms with E-state index in [-0.39, 0.29) is 22.4 Å². The number of Topliss-reactive ketones (excluding diaryl/α,β-unsaturated/α-hetero) is 1. The summed E-state index contributed by atoms with van der Waals surface area (Å²) in [5.74, 6) is -0.424. The average molecular weight is 329 g/mol. The molecular formula is C14H14F3N3OS. The summed E-state index contributed by atoms with van der Waals surface area (Å²) in [5.41, 5.74) is -2.52. The highest BCUT2D eigenvalue weighted by molar-refractivity contribution is 8.00. The van der Waals surface area contributed by atoms with E-state index in [4.69, 9.17) is 5.26 Å². The Morgan fingerprint density at radius 2 is 1.77 bits per heavy atom. The second-order valence-electron chi connectivity index (χ2n) is 5.34. The Morgan fingerprint density at radius 1 is 1.23 bits per heavy atom. The molecule has 0 saturated carbocycles. The van der Waals surface area contributed by atoms with E-state index in [1.54, 1.807) is 26.8 Å². The molecule has 0 fully saturated rings. The lowest BCUT2D eigenvalue weighted by Gasteiger charge is -2.14. The van der Waals surface area contributed by atoms with Crippen molar-refractivity contribution >= 4 is 28.9 Å². The second-order valence-corrected chi connectivity index (χ2v) is 6.47. The van der Waals surface area contributed by atoms with Gasteiger partial charge in [0.25, 0.3) is 0 Å². The molecule has 0 radical (unpaired) electrons. The van der Waals surface area contributed by atoms with Gasteiger partial charge in [-0.05, 0) is 36.0 Å². The Balaban J connectivity index is 2.81. The Morgan fingerprint density at radius 3 is 2.18 bits per heavy atom. The van der Waals surface area contributed by atoms with E-state index in [0.717, 1.165) is 0 Å². The maximum Gasteiger partial charge on any atom is 0.446 e. The maximum absolute atomic E-state index is 12.2. The van der Waals surface area contributed by atoms with E-state index in [1.807, 2.05) is 0 Å². The molecule has 0 aliphatic carbocycles. The predicted octanol–water partition coefficient (Wildman–Crippen LogP) is 4.21. The lowest BCUT2D eigenvalue weighted by molar-refractivity contribution is -0.119. The number of halogens is 3. The molecule has 0 atom stereocenters. The number of thioether (sulfide) groups is 1. The van der Waals surface area contributed by atoms with Gasteiger partial charge in [-0.3, -0.25) is 10.2 Å². The van der Waals surface area contributed by atoms with Crippen LogP contribution in [0.25, 0.3) is 0 Å². The largest absolute Gasteiger partial charge is 0.446 e. The number of hydrogen-bond donors (Lipinski definition) is 1. The van der Waals surface area contributed by atoms with Gasteiger partial charge in [0, 0.05) is 10.3 Å². The number of hydrogen-bond acceptors (Lipinski definition) is 5. The van der Waals surface area contributed by atoms with Crippen molar-refractivity contribution in [2.24, 2.45) is 10.5 Å². The minimum absolute atomic E-state index is 0.0355. The van der Waals surface area contributed by atoms with Gasteiger partial charge < -0.3 is 0 Å². The van der Waals surface area contributed by atoms with E-state index in [1.165, 1.54) is 24.3 Å². The summed E-state index contributed by atoms with van der Waals surface area (Å²) in [6.45, 7) is 4.97. The van der Waals surface area contributed by atoms with Crippen LogP contribution >= 0.6 is 11.8 Å². The number of benzene rings is 1. The summed E-state index contributed by atoms with van der Waals surface area (Å²) in [4.78, 5) is 11.9. The molecule has 1 aromatic carbocycles. The molecule has 0 heterocycles. The Bertz CT molecular complexity index is 610. The monoisotopic (exact) mass is 329 g/mol. The summed E-state index contributed by atoms with van der Waals surface area (Å²) in [6.07, 6.45) is 0. The van der Waals surface area contributed by atoms with Crippen LogP contribution in [0.4, 0.5) is 18.9 Å². The van der Waals surface area contributed by atoms with Gasteiger partial charge in [0.2, 0.25) is 5.71 Å². The van der Waals surface area contributed by atoms with E-state index < -0.39 is 16.7 Å². The number of nitrogens with zero attached hydrogens (tertiary/aromatic N) is 2. The van der Waals surface area contributed by atoms with Gasteiger partial charge in [-0.15, -0.1) is 0 Å².